The van der Waals surface area contributed by atoms with Gasteiger partial charge in [-0.1, -0.05) is 58.5 Å². The summed E-state index contributed by atoms with van der Waals surface area (Å²) in [6.45, 7) is 0. The highest BCUT2D eigenvalue weighted by Gasteiger charge is 2.18. The maximum atomic E-state index is 13.8. The second-order valence-corrected chi connectivity index (χ2v) is 13.2. The molecule has 4 rings (SSSR count). The molecule has 0 aliphatic carbocycles. The number of amides is 1. The topological polar surface area (TPSA) is 213 Å². The van der Waals surface area contributed by atoms with Crippen molar-refractivity contribution in [2.75, 3.05) is 11.1 Å². The number of sulfonamides is 2. The maximum Gasteiger partial charge on any atom is 0.340 e. The molecule has 0 saturated carbocycles. The molecule has 0 heterocycles. The Morgan fingerprint density at radius 1 is 0.689 bits per heavy atom. The van der Waals surface area contributed by atoms with Gasteiger partial charge in [-0.3, -0.25) is 4.79 Å². The van der Waals surface area contributed by atoms with Crippen molar-refractivity contribution in [3.8, 4) is 0 Å². The van der Waals surface area contributed by atoms with Crippen LogP contribution in [-0.4, -0.2) is 33.8 Å². The van der Waals surface area contributed by atoms with Gasteiger partial charge in [-0.2, -0.15) is 0 Å². The van der Waals surface area contributed by atoms with Crippen LogP contribution >= 0.6 is 46.4 Å². The lowest BCUT2D eigenvalue weighted by atomic mass is 10.2. The van der Waals surface area contributed by atoms with Crippen LogP contribution in [0.2, 0.25) is 20.1 Å². The van der Waals surface area contributed by atoms with Crippen molar-refractivity contribution in [3.63, 3.8) is 0 Å². The van der Waals surface area contributed by atoms with E-state index < -0.39 is 54.7 Å². The summed E-state index contributed by atoms with van der Waals surface area (Å²) >= 11 is 22.3. The van der Waals surface area contributed by atoms with Gasteiger partial charge in [0.05, 0.1) is 25.4 Å². The Morgan fingerprint density at radius 3 is 1.53 bits per heavy atom. The molecule has 0 radical (unpaired) electrons. The fraction of sp³-hybridized carbons (Fsp3) is 0. The molecule has 0 unspecified atom stereocenters. The number of carboxylic acid groups (broad SMARTS) is 1. The summed E-state index contributed by atoms with van der Waals surface area (Å²) in [5, 5.41) is 20.4. The number of halogens is 6. The smallest absolute Gasteiger partial charge is 0.340 e. The third-order valence-electron chi connectivity index (χ3n) is 5.06. The molecule has 0 spiro atoms. The maximum absolute atomic E-state index is 13.8. The van der Waals surface area contributed by atoms with Crippen LogP contribution in [0.15, 0.2) is 82.6 Å². The summed E-state index contributed by atoms with van der Waals surface area (Å²) in [5.74, 6) is -4.07. The van der Waals surface area contributed by atoms with Gasteiger partial charge in [-0.15, -0.1) is 0 Å². The number of nitrogens with one attached hydrogen (secondary N) is 1. The van der Waals surface area contributed by atoms with Gasteiger partial charge in [0.2, 0.25) is 20.0 Å². The molecule has 4 aromatic carbocycles. The van der Waals surface area contributed by atoms with E-state index in [1.807, 2.05) is 0 Å². The van der Waals surface area contributed by atoms with E-state index in [2.05, 4.69) is 5.32 Å². The average Bonchev–Trinajstić information content (AvgIpc) is 2.87. The number of aromatic carboxylic acids is 1. The molecule has 0 saturated heterocycles. The molecule has 4 aromatic rings. The first-order chi connectivity index (χ1) is 20.7. The monoisotopic (exact) mass is 742 g/mol. The SMILES string of the molecule is NS(=O)(=O)c1cccc(NC(=O)c2c(F)cc(Cl)cc2Cl)c1.Nc1cccc(S(N)(=O)=O)c1.O=C(O)c1c(F)cc(Cl)cc1Cl. The molecule has 0 aliphatic heterocycles. The molecule has 0 aromatic heterocycles. The number of nitrogens with two attached hydrogens (primary N) is 3. The van der Waals surface area contributed by atoms with Crippen LogP contribution in [-0.2, 0) is 20.0 Å². The third-order valence-corrected chi connectivity index (χ3v) is 7.92. The molecule has 0 fully saturated rings. The number of primary sulfonamides is 2. The number of benzene rings is 4. The highest BCUT2D eigenvalue weighted by Crippen LogP contribution is 2.26. The minimum absolute atomic E-state index is 0.0394. The van der Waals surface area contributed by atoms with E-state index in [-0.39, 0.29) is 35.6 Å². The second-order valence-electron chi connectivity index (χ2n) is 8.44. The molecule has 0 aliphatic rings. The van der Waals surface area contributed by atoms with Crippen LogP contribution in [0.3, 0.4) is 0 Å². The Hall–Kier alpha value is -3.54. The summed E-state index contributed by atoms with van der Waals surface area (Å²) in [7, 11) is -7.52. The highest BCUT2D eigenvalue weighted by atomic mass is 35.5. The summed E-state index contributed by atoms with van der Waals surface area (Å²) in [4.78, 5) is 22.3. The number of nitrogen functional groups attached to an aromatic ring is 1. The fourth-order valence-electron chi connectivity index (χ4n) is 3.14. The molecule has 19 heteroatoms. The van der Waals surface area contributed by atoms with Crippen LogP contribution in [0, 0.1) is 11.6 Å². The summed E-state index contributed by atoms with van der Waals surface area (Å²) in [6.07, 6.45) is 0. The van der Waals surface area contributed by atoms with Gasteiger partial charge in [-0.05, 0) is 60.7 Å². The zero-order chi connectivity index (χ0) is 34.3. The summed E-state index contributed by atoms with van der Waals surface area (Å²) < 4.78 is 70.5. The van der Waals surface area contributed by atoms with Gasteiger partial charge in [0.15, 0.2) is 0 Å². The normalized spacial score (nSPS) is 10.9. The Labute approximate surface area is 275 Å². The first-order valence-corrected chi connectivity index (χ1v) is 16.2. The van der Waals surface area contributed by atoms with Crippen LogP contribution in [0.1, 0.15) is 20.7 Å². The van der Waals surface area contributed by atoms with Crippen molar-refractivity contribution in [2.45, 2.75) is 9.79 Å². The molecule has 0 atom stereocenters. The van der Waals surface area contributed by atoms with E-state index in [1.165, 1.54) is 48.5 Å². The minimum Gasteiger partial charge on any atom is -0.478 e. The van der Waals surface area contributed by atoms with E-state index in [4.69, 9.17) is 67.5 Å². The number of hydrogen-bond acceptors (Lipinski definition) is 7. The minimum atomic E-state index is -3.92. The van der Waals surface area contributed by atoms with E-state index in [1.54, 1.807) is 6.07 Å². The van der Waals surface area contributed by atoms with Crippen molar-refractivity contribution in [1.82, 2.24) is 0 Å². The lowest BCUT2D eigenvalue weighted by molar-refractivity contribution is 0.0691. The molecule has 1 amide bonds. The molecule has 11 nitrogen and oxygen atoms in total. The molecular formula is C26H20Cl4F2N4O7S2. The predicted octanol–water partition coefficient (Wildman–Crippen LogP) is 5.78. The van der Waals surface area contributed by atoms with Crippen molar-refractivity contribution >= 4 is 89.7 Å². The molecule has 0 bridgehead atoms. The standard InChI is InChI=1S/C13H9Cl2FN2O3S.C7H3Cl2FO2.C6H8N2O2S/c14-7-4-10(15)12(11(16)5-7)13(19)18-8-2-1-3-9(6-8)22(17,20)21;8-3-1-4(9)6(7(11)12)5(10)2-3;7-5-2-1-3-6(4-5)11(8,9)10/h1-6H,(H,18,19)(H2,17,20,21);1-2H,(H,11,12);1-4H,7H2,(H2,8,9,10). The van der Waals surface area contributed by atoms with Gasteiger partial charge >= 0.3 is 5.97 Å². The zero-order valence-electron chi connectivity index (χ0n) is 22.1. The Bertz CT molecular complexity index is 1940. The number of carbonyl (C=O) groups is 2. The first-order valence-electron chi connectivity index (χ1n) is 11.6. The van der Waals surface area contributed by atoms with Crippen molar-refractivity contribution in [3.05, 3.63) is 116 Å². The lowest BCUT2D eigenvalue weighted by Gasteiger charge is -2.09. The van der Waals surface area contributed by atoms with Gasteiger partial charge in [0.1, 0.15) is 17.2 Å². The van der Waals surface area contributed by atoms with Gasteiger partial charge in [0, 0.05) is 21.4 Å². The number of carboxylic acids is 1. The molecule has 240 valence electrons. The summed E-state index contributed by atoms with van der Waals surface area (Å²) in [6, 6.07) is 15.3. The molecular weight excluding hydrogens is 724 g/mol. The largest absolute Gasteiger partial charge is 0.478 e. The van der Waals surface area contributed by atoms with Crippen LogP contribution in [0.5, 0.6) is 0 Å². The van der Waals surface area contributed by atoms with Gasteiger partial charge in [-0.25, -0.2) is 40.7 Å². The number of anilines is 2. The first kappa shape index (κ1) is 37.6. The number of carbonyl (C=O) groups excluding carboxylic acids is 1. The van der Waals surface area contributed by atoms with Gasteiger partial charge in [0.25, 0.3) is 5.91 Å². The van der Waals surface area contributed by atoms with Crippen LogP contribution in [0.25, 0.3) is 0 Å². The Balaban J connectivity index is 0.000000259. The number of rotatable bonds is 5. The quantitative estimate of drug-likeness (QED) is 0.158. The average molecular weight is 744 g/mol. The third kappa shape index (κ3) is 11.4. The lowest BCUT2D eigenvalue weighted by Crippen LogP contribution is -2.16. The van der Waals surface area contributed by atoms with Crippen LogP contribution < -0.4 is 21.3 Å². The van der Waals surface area contributed by atoms with E-state index in [0.29, 0.717) is 5.69 Å². The van der Waals surface area contributed by atoms with E-state index in [9.17, 15) is 35.2 Å². The van der Waals surface area contributed by atoms with E-state index >= 15 is 0 Å². The molecule has 8 N–H and O–H groups in total. The van der Waals surface area contributed by atoms with E-state index in [0.717, 1.165) is 18.2 Å². The Kier molecular flexibility index (Phi) is 13.1. The second kappa shape index (κ2) is 15.6. The van der Waals surface area contributed by atoms with Gasteiger partial charge < -0.3 is 16.2 Å². The fourth-order valence-corrected chi connectivity index (χ4v) is 5.37. The highest BCUT2D eigenvalue weighted by molar-refractivity contribution is 7.89. The van der Waals surface area contributed by atoms with Crippen molar-refractivity contribution in [1.29, 1.82) is 0 Å². The molecule has 45 heavy (non-hydrogen) atoms. The predicted molar refractivity (Wildman–Crippen MR) is 168 cm³/mol. The summed E-state index contributed by atoms with van der Waals surface area (Å²) in [5.41, 5.74) is 4.90. The van der Waals surface area contributed by atoms with Crippen LogP contribution in [0.4, 0.5) is 20.2 Å². The number of hydrogen-bond donors (Lipinski definition) is 5. The van der Waals surface area contributed by atoms with Crippen molar-refractivity contribution in [2.24, 2.45) is 10.3 Å². The zero-order valence-corrected chi connectivity index (χ0v) is 26.8. The Morgan fingerprint density at radius 2 is 1.13 bits per heavy atom. The van der Waals surface area contributed by atoms with Crippen molar-refractivity contribution < 1.29 is 40.3 Å².